The van der Waals surface area contributed by atoms with Gasteiger partial charge in [0.05, 0.1) is 0 Å². The Morgan fingerprint density at radius 3 is 3.00 bits per heavy atom. The fourth-order valence-electron chi connectivity index (χ4n) is 1.25. The van der Waals surface area contributed by atoms with Crippen LogP contribution in [0.5, 0.6) is 0 Å². The third-order valence-electron chi connectivity index (χ3n) is 2.12. The van der Waals surface area contributed by atoms with Gasteiger partial charge in [-0.25, -0.2) is 0 Å². The first kappa shape index (κ1) is 14.9. The second-order valence-corrected chi connectivity index (χ2v) is 8.41. The van der Waals surface area contributed by atoms with E-state index in [1.54, 1.807) is 0 Å². The number of thioether (sulfide) groups is 4. The normalized spacial score (nSPS) is 19.9. The molecule has 1 unspecified atom stereocenters. The van der Waals surface area contributed by atoms with Gasteiger partial charge in [0.2, 0.25) is 5.12 Å². The fraction of sp³-hybridized carbons (Fsp3) is 0.727. The van der Waals surface area contributed by atoms with Crippen LogP contribution in [0.1, 0.15) is 12.8 Å². The highest BCUT2D eigenvalue weighted by atomic mass is 32.2. The second-order valence-electron chi connectivity index (χ2n) is 3.40. The van der Waals surface area contributed by atoms with Crippen LogP contribution >= 0.6 is 47.0 Å². The quantitative estimate of drug-likeness (QED) is 0.499. The van der Waals surface area contributed by atoms with Crippen LogP contribution in [-0.2, 0) is 4.79 Å². The average molecular weight is 295 g/mol. The molecule has 0 spiro atoms. The van der Waals surface area contributed by atoms with Gasteiger partial charge in [-0.15, -0.1) is 23.5 Å². The summed E-state index contributed by atoms with van der Waals surface area (Å²) in [6.45, 7) is 3.45. The van der Waals surface area contributed by atoms with Crippen molar-refractivity contribution in [3.05, 3.63) is 12.7 Å². The number of hydrogen-bond acceptors (Lipinski definition) is 5. The molecule has 1 rings (SSSR count). The van der Waals surface area contributed by atoms with Crippen LogP contribution in [0.3, 0.4) is 0 Å². The predicted molar refractivity (Wildman–Crippen MR) is 82.9 cm³/mol. The highest BCUT2D eigenvalue weighted by molar-refractivity contribution is 8.19. The van der Waals surface area contributed by atoms with Crippen molar-refractivity contribution in [1.82, 2.24) is 0 Å². The molecular weight excluding hydrogens is 276 g/mol. The van der Waals surface area contributed by atoms with Crippen LogP contribution < -0.4 is 0 Å². The van der Waals surface area contributed by atoms with Crippen molar-refractivity contribution in [3.8, 4) is 0 Å². The van der Waals surface area contributed by atoms with E-state index < -0.39 is 0 Å². The van der Waals surface area contributed by atoms with Crippen LogP contribution in [-0.4, -0.2) is 38.5 Å². The Bertz CT molecular complexity index is 214. The van der Waals surface area contributed by atoms with Gasteiger partial charge in [-0.1, -0.05) is 18.3 Å². The van der Waals surface area contributed by atoms with Gasteiger partial charge >= 0.3 is 0 Å². The molecule has 1 heterocycles. The largest absolute Gasteiger partial charge is 0.282 e. The Balaban J connectivity index is 1.80. The molecule has 0 bridgehead atoms. The van der Waals surface area contributed by atoms with Crippen LogP contribution in [0.25, 0.3) is 0 Å². The molecule has 1 aliphatic heterocycles. The summed E-state index contributed by atoms with van der Waals surface area (Å²) in [6, 6.07) is 0. The van der Waals surface area contributed by atoms with E-state index in [9.17, 15) is 4.79 Å². The van der Waals surface area contributed by atoms with Crippen molar-refractivity contribution >= 4 is 52.2 Å². The van der Waals surface area contributed by atoms with Gasteiger partial charge in [0, 0.05) is 21.8 Å². The molecule has 92 valence electrons. The van der Waals surface area contributed by atoms with Gasteiger partial charge in [-0.05, 0) is 30.4 Å². The van der Waals surface area contributed by atoms with Gasteiger partial charge in [0.15, 0.2) is 0 Å². The molecule has 0 radical (unpaired) electrons. The van der Waals surface area contributed by atoms with E-state index >= 15 is 0 Å². The lowest BCUT2D eigenvalue weighted by Crippen LogP contribution is -2.02. The van der Waals surface area contributed by atoms with Crippen molar-refractivity contribution in [2.45, 2.75) is 18.1 Å². The maximum atomic E-state index is 10.9. The summed E-state index contributed by atoms with van der Waals surface area (Å²) in [7, 11) is 0. The van der Waals surface area contributed by atoms with E-state index in [4.69, 9.17) is 0 Å². The maximum absolute atomic E-state index is 10.9. The lowest BCUT2D eigenvalue weighted by Gasteiger charge is -2.06. The summed E-state index contributed by atoms with van der Waals surface area (Å²) in [5.41, 5.74) is 0. The lowest BCUT2D eigenvalue weighted by molar-refractivity contribution is -0.107. The SMILES string of the molecule is C=CC(=O)SCCCSCCC1CSCS1. The van der Waals surface area contributed by atoms with E-state index in [1.165, 1.54) is 46.6 Å². The Kier molecular flexibility index (Phi) is 9.11. The summed E-state index contributed by atoms with van der Waals surface area (Å²) >= 11 is 7.58. The maximum Gasteiger partial charge on any atom is 0.211 e. The number of rotatable bonds is 8. The van der Waals surface area contributed by atoms with Crippen LogP contribution in [0.2, 0.25) is 0 Å². The highest BCUT2D eigenvalue weighted by Crippen LogP contribution is 2.32. The molecule has 0 aromatic rings. The van der Waals surface area contributed by atoms with E-state index in [0.717, 1.165) is 17.4 Å². The molecule has 0 aliphatic carbocycles. The van der Waals surface area contributed by atoms with Crippen LogP contribution in [0.15, 0.2) is 12.7 Å². The zero-order chi connectivity index (χ0) is 11.6. The van der Waals surface area contributed by atoms with E-state index in [1.807, 2.05) is 11.8 Å². The topological polar surface area (TPSA) is 17.1 Å². The third kappa shape index (κ3) is 7.20. The molecule has 16 heavy (non-hydrogen) atoms. The minimum atomic E-state index is 0.101. The Labute approximate surface area is 115 Å². The van der Waals surface area contributed by atoms with Crippen LogP contribution in [0.4, 0.5) is 0 Å². The zero-order valence-corrected chi connectivity index (χ0v) is 12.6. The van der Waals surface area contributed by atoms with Crippen molar-refractivity contribution < 1.29 is 4.79 Å². The zero-order valence-electron chi connectivity index (χ0n) is 9.35. The summed E-state index contributed by atoms with van der Waals surface area (Å²) in [5, 5.41) is 2.29. The Morgan fingerprint density at radius 1 is 1.44 bits per heavy atom. The van der Waals surface area contributed by atoms with E-state index in [2.05, 4.69) is 30.1 Å². The first-order valence-electron chi connectivity index (χ1n) is 5.39. The summed E-state index contributed by atoms with van der Waals surface area (Å²) in [5.74, 6) is 4.74. The second kappa shape index (κ2) is 9.80. The molecule has 0 amide bonds. The molecule has 1 nitrogen and oxygen atoms in total. The van der Waals surface area contributed by atoms with Crippen molar-refractivity contribution in [3.63, 3.8) is 0 Å². The Hall–Kier alpha value is 0.810. The van der Waals surface area contributed by atoms with Crippen LogP contribution in [0, 0.1) is 0 Å². The number of carbonyl (C=O) groups excluding carboxylic acids is 1. The molecule has 0 saturated carbocycles. The summed E-state index contributed by atoms with van der Waals surface area (Å²) in [6.07, 6.45) is 3.87. The van der Waals surface area contributed by atoms with E-state index in [-0.39, 0.29) is 5.12 Å². The molecule has 0 aromatic heterocycles. The monoisotopic (exact) mass is 294 g/mol. The standard InChI is InChI=1S/C11H18OS4/c1-2-11(12)15-6-3-5-13-7-4-10-8-14-9-16-10/h2,10H,1,3-9H2. The predicted octanol–water partition coefficient (Wildman–Crippen LogP) is 3.75. The summed E-state index contributed by atoms with van der Waals surface area (Å²) in [4.78, 5) is 10.9. The van der Waals surface area contributed by atoms with E-state index in [0.29, 0.717) is 0 Å². The molecule has 1 aliphatic rings. The summed E-state index contributed by atoms with van der Waals surface area (Å²) < 4.78 is 0. The number of carbonyl (C=O) groups is 1. The van der Waals surface area contributed by atoms with Gasteiger partial charge < -0.3 is 0 Å². The van der Waals surface area contributed by atoms with Gasteiger partial charge in [-0.3, -0.25) is 4.79 Å². The molecule has 0 aromatic carbocycles. The van der Waals surface area contributed by atoms with Gasteiger partial charge in [0.25, 0.3) is 0 Å². The first-order valence-corrected chi connectivity index (χ1v) is 9.73. The average Bonchev–Trinajstić information content (AvgIpc) is 2.80. The molecular formula is C11H18OS4. The van der Waals surface area contributed by atoms with Gasteiger partial charge in [-0.2, -0.15) is 11.8 Å². The molecule has 0 N–H and O–H groups in total. The highest BCUT2D eigenvalue weighted by Gasteiger charge is 2.14. The smallest absolute Gasteiger partial charge is 0.211 e. The van der Waals surface area contributed by atoms with Gasteiger partial charge in [0.1, 0.15) is 0 Å². The molecule has 1 atom stereocenters. The first-order chi connectivity index (χ1) is 7.83. The van der Waals surface area contributed by atoms with Crippen molar-refractivity contribution in [2.75, 3.05) is 28.1 Å². The number of hydrogen-bond donors (Lipinski definition) is 0. The fourth-order valence-corrected chi connectivity index (χ4v) is 6.12. The molecule has 1 fully saturated rings. The minimum absolute atomic E-state index is 0.101. The molecule has 1 saturated heterocycles. The minimum Gasteiger partial charge on any atom is -0.282 e. The van der Waals surface area contributed by atoms with Crippen molar-refractivity contribution in [1.29, 1.82) is 0 Å². The van der Waals surface area contributed by atoms with Crippen molar-refractivity contribution in [2.24, 2.45) is 0 Å². The third-order valence-corrected chi connectivity index (χ3v) is 7.10. The Morgan fingerprint density at radius 2 is 2.31 bits per heavy atom. The lowest BCUT2D eigenvalue weighted by atomic mass is 10.4. The molecule has 5 heteroatoms.